The Morgan fingerprint density at radius 1 is 1.25 bits per heavy atom. The van der Waals surface area contributed by atoms with Crippen LogP contribution in [0.4, 0.5) is 4.39 Å². The van der Waals surface area contributed by atoms with Gasteiger partial charge in [0.05, 0.1) is 12.7 Å². The van der Waals surface area contributed by atoms with E-state index < -0.39 is 18.0 Å². The molecular formula is C15H23FO4. The third-order valence-corrected chi connectivity index (χ3v) is 2.81. The molecule has 0 aliphatic heterocycles. The van der Waals surface area contributed by atoms with Crippen LogP contribution >= 0.6 is 0 Å². The van der Waals surface area contributed by atoms with Crippen LogP contribution in [0, 0.1) is 5.82 Å². The van der Waals surface area contributed by atoms with Gasteiger partial charge in [-0.2, -0.15) is 0 Å². The van der Waals surface area contributed by atoms with Gasteiger partial charge >= 0.3 is 0 Å². The van der Waals surface area contributed by atoms with Crippen molar-refractivity contribution in [2.45, 2.75) is 38.9 Å². The maximum absolute atomic E-state index is 13.2. The predicted octanol–water partition coefficient (Wildman–Crippen LogP) is 2.44. The molecule has 1 unspecified atom stereocenters. The van der Waals surface area contributed by atoms with Gasteiger partial charge in [0.1, 0.15) is 24.3 Å². The van der Waals surface area contributed by atoms with Gasteiger partial charge in [-0.25, -0.2) is 4.39 Å². The van der Waals surface area contributed by atoms with Crippen molar-refractivity contribution in [3.8, 4) is 5.75 Å². The Kier molecular flexibility index (Phi) is 7.51. The fraction of sp³-hybridized carbons (Fsp3) is 0.600. The predicted molar refractivity (Wildman–Crippen MR) is 74.3 cm³/mol. The standard InChI is InChI=1S/C15H23FO4/c1-3-4-7-19-9-13(18)10-20-15-8-12(16)5-6-14(15)11(2)17/h5-6,8,11,13,17-18H,3-4,7,9-10H2,1-2H3/t11-,13?/m1/s1. The molecule has 1 aromatic rings. The summed E-state index contributed by atoms with van der Waals surface area (Å²) < 4.78 is 23.8. The van der Waals surface area contributed by atoms with Gasteiger partial charge in [-0.1, -0.05) is 13.3 Å². The average Bonchev–Trinajstić information content (AvgIpc) is 2.41. The molecule has 0 saturated heterocycles. The molecule has 1 aromatic carbocycles. The van der Waals surface area contributed by atoms with Crippen molar-refractivity contribution >= 4 is 0 Å². The summed E-state index contributed by atoms with van der Waals surface area (Å²) in [5.41, 5.74) is 0.491. The number of halogens is 1. The lowest BCUT2D eigenvalue weighted by atomic mass is 10.1. The summed E-state index contributed by atoms with van der Waals surface area (Å²) in [6, 6.07) is 3.94. The second-order valence-corrected chi connectivity index (χ2v) is 4.75. The molecule has 0 saturated carbocycles. The number of rotatable bonds is 9. The average molecular weight is 286 g/mol. The van der Waals surface area contributed by atoms with Gasteiger partial charge in [-0.3, -0.25) is 0 Å². The van der Waals surface area contributed by atoms with Crippen molar-refractivity contribution in [1.82, 2.24) is 0 Å². The number of aliphatic hydroxyl groups is 2. The van der Waals surface area contributed by atoms with Crippen LogP contribution in [0.15, 0.2) is 18.2 Å². The summed E-state index contributed by atoms with van der Waals surface area (Å²) >= 11 is 0. The molecule has 0 radical (unpaired) electrons. The number of hydrogen-bond donors (Lipinski definition) is 2. The molecule has 2 atom stereocenters. The summed E-state index contributed by atoms with van der Waals surface area (Å²) in [5.74, 6) is -0.203. The van der Waals surface area contributed by atoms with Crippen LogP contribution in [0.3, 0.4) is 0 Å². The number of aliphatic hydroxyl groups excluding tert-OH is 2. The Morgan fingerprint density at radius 2 is 2.00 bits per heavy atom. The van der Waals surface area contributed by atoms with Crippen molar-refractivity contribution < 1.29 is 24.1 Å². The molecule has 0 amide bonds. The van der Waals surface area contributed by atoms with Crippen LogP contribution in [-0.2, 0) is 4.74 Å². The Hall–Kier alpha value is -1.17. The quantitative estimate of drug-likeness (QED) is 0.685. The van der Waals surface area contributed by atoms with Crippen LogP contribution in [0.1, 0.15) is 38.4 Å². The highest BCUT2D eigenvalue weighted by atomic mass is 19.1. The van der Waals surface area contributed by atoms with Crippen LogP contribution in [0.5, 0.6) is 5.75 Å². The van der Waals surface area contributed by atoms with E-state index in [1.54, 1.807) is 6.92 Å². The highest BCUT2D eigenvalue weighted by molar-refractivity contribution is 5.35. The summed E-state index contributed by atoms with van der Waals surface area (Å²) in [7, 11) is 0. The molecule has 0 spiro atoms. The number of ether oxygens (including phenoxy) is 2. The van der Waals surface area contributed by atoms with Crippen LogP contribution in [-0.4, -0.2) is 36.1 Å². The Morgan fingerprint density at radius 3 is 2.65 bits per heavy atom. The third kappa shape index (κ3) is 5.86. The minimum atomic E-state index is -0.781. The highest BCUT2D eigenvalue weighted by Crippen LogP contribution is 2.26. The molecule has 0 aliphatic rings. The lowest BCUT2D eigenvalue weighted by Gasteiger charge is -2.16. The molecule has 0 aromatic heterocycles. The Balaban J connectivity index is 2.46. The highest BCUT2D eigenvalue weighted by Gasteiger charge is 2.12. The molecule has 0 heterocycles. The van der Waals surface area contributed by atoms with E-state index in [9.17, 15) is 14.6 Å². The van der Waals surface area contributed by atoms with Gasteiger partial charge in [-0.15, -0.1) is 0 Å². The molecule has 5 heteroatoms. The molecule has 0 aliphatic carbocycles. The van der Waals surface area contributed by atoms with Crippen molar-refractivity contribution in [2.75, 3.05) is 19.8 Å². The van der Waals surface area contributed by atoms with Gasteiger partial charge in [0, 0.05) is 18.2 Å². The first kappa shape index (κ1) is 16.9. The molecule has 4 nitrogen and oxygen atoms in total. The second kappa shape index (κ2) is 8.89. The maximum atomic E-state index is 13.2. The fourth-order valence-electron chi connectivity index (χ4n) is 1.68. The van der Waals surface area contributed by atoms with Gasteiger partial charge in [-0.05, 0) is 25.5 Å². The van der Waals surface area contributed by atoms with Crippen LogP contribution in [0.2, 0.25) is 0 Å². The summed E-state index contributed by atoms with van der Waals surface area (Å²) in [5, 5.41) is 19.3. The minimum absolute atomic E-state index is 0.00466. The van der Waals surface area contributed by atoms with E-state index in [0.717, 1.165) is 12.8 Å². The molecule has 1 rings (SSSR count). The molecule has 20 heavy (non-hydrogen) atoms. The first-order valence-electron chi connectivity index (χ1n) is 6.90. The largest absolute Gasteiger partial charge is 0.490 e. The van der Waals surface area contributed by atoms with Gasteiger partial charge < -0.3 is 19.7 Å². The second-order valence-electron chi connectivity index (χ2n) is 4.75. The van der Waals surface area contributed by atoms with Crippen molar-refractivity contribution in [3.05, 3.63) is 29.6 Å². The third-order valence-electron chi connectivity index (χ3n) is 2.81. The minimum Gasteiger partial charge on any atom is -0.490 e. The Bertz CT molecular complexity index is 395. The first-order chi connectivity index (χ1) is 9.54. The molecule has 0 fully saturated rings. The van der Waals surface area contributed by atoms with Crippen molar-refractivity contribution in [1.29, 1.82) is 0 Å². The summed E-state index contributed by atoms with van der Waals surface area (Å²) in [4.78, 5) is 0. The topological polar surface area (TPSA) is 58.9 Å². The number of hydrogen-bond acceptors (Lipinski definition) is 4. The SMILES string of the molecule is CCCCOCC(O)COc1cc(F)ccc1[C@@H](C)O. The zero-order valence-electron chi connectivity index (χ0n) is 12.0. The fourth-order valence-corrected chi connectivity index (χ4v) is 1.68. The van der Waals surface area contributed by atoms with E-state index in [0.29, 0.717) is 12.2 Å². The van der Waals surface area contributed by atoms with Crippen LogP contribution < -0.4 is 4.74 Å². The van der Waals surface area contributed by atoms with Gasteiger partial charge in [0.15, 0.2) is 0 Å². The van der Waals surface area contributed by atoms with E-state index in [2.05, 4.69) is 6.92 Å². The van der Waals surface area contributed by atoms with E-state index >= 15 is 0 Å². The Labute approximate surface area is 119 Å². The molecule has 2 N–H and O–H groups in total. The van der Waals surface area contributed by atoms with E-state index in [1.807, 2.05) is 0 Å². The number of unbranched alkanes of at least 4 members (excludes halogenated alkanes) is 1. The van der Waals surface area contributed by atoms with Crippen LogP contribution in [0.25, 0.3) is 0 Å². The van der Waals surface area contributed by atoms with E-state index in [4.69, 9.17) is 9.47 Å². The monoisotopic (exact) mass is 286 g/mol. The maximum Gasteiger partial charge on any atom is 0.128 e. The first-order valence-corrected chi connectivity index (χ1v) is 6.90. The van der Waals surface area contributed by atoms with E-state index in [1.165, 1.54) is 18.2 Å². The zero-order chi connectivity index (χ0) is 15.0. The molecular weight excluding hydrogens is 263 g/mol. The van der Waals surface area contributed by atoms with Gasteiger partial charge in [0.2, 0.25) is 0 Å². The zero-order valence-corrected chi connectivity index (χ0v) is 12.0. The van der Waals surface area contributed by atoms with Crippen molar-refractivity contribution in [2.24, 2.45) is 0 Å². The lowest BCUT2D eigenvalue weighted by Crippen LogP contribution is -2.24. The molecule has 114 valence electrons. The number of benzene rings is 1. The van der Waals surface area contributed by atoms with Crippen molar-refractivity contribution in [3.63, 3.8) is 0 Å². The summed E-state index contributed by atoms with van der Waals surface area (Å²) in [6.45, 7) is 4.41. The lowest BCUT2D eigenvalue weighted by molar-refractivity contribution is 0.0106. The normalized spacial score (nSPS) is 14.1. The molecule has 0 bridgehead atoms. The van der Waals surface area contributed by atoms with E-state index in [-0.39, 0.29) is 19.0 Å². The smallest absolute Gasteiger partial charge is 0.128 e. The summed E-state index contributed by atoms with van der Waals surface area (Å²) in [6.07, 6.45) is 0.442. The van der Waals surface area contributed by atoms with Gasteiger partial charge in [0.25, 0.3) is 0 Å².